The third-order valence-corrected chi connectivity index (χ3v) is 25.5. The van der Waals surface area contributed by atoms with Gasteiger partial charge in [0.15, 0.2) is 0 Å². The maximum absolute atomic E-state index is 2.49. The van der Waals surface area contributed by atoms with Gasteiger partial charge in [0.2, 0.25) is 0 Å². The summed E-state index contributed by atoms with van der Waals surface area (Å²) in [6, 6.07) is 144. The molecule has 0 atom stereocenters. The quantitative estimate of drug-likeness (QED) is 0.135. The molecule has 544 valence electrons. The summed E-state index contributed by atoms with van der Waals surface area (Å²) in [5.41, 5.74) is 29.8. The summed E-state index contributed by atoms with van der Waals surface area (Å²) in [7, 11) is 8.71. The lowest BCUT2D eigenvalue weighted by atomic mass is 9.85. The van der Waals surface area contributed by atoms with Crippen molar-refractivity contribution in [2.75, 3.05) is 0 Å². The Bertz CT molecular complexity index is 7890. The number of para-hydroxylation sites is 4. The zero-order valence-corrected chi connectivity index (χ0v) is 64.7. The van der Waals surface area contributed by atoms with E-state index in [1.54, 1.807) is 0 Å². The van der Waals surface area contributed by atoms with Gasteiger partial charge in [0.05, 0.1) is 0 Å². The molecule has 0 fully saturated rings. The fourth-order valence-electron chi connectivity index (χ4n) is 19.9. The lowest BCUT2D eigenvalue weighted by Crippen LogP contribution is -1.92. The summed E-state index contributed by atoms with van der Waals surface area (Å²) in [4.78, 5) is 0. The van der Waals surface area contributed by atoms with Gasteiger partial charge in [-0.25, -0.2) is 0 Å². The Kier molecular flexibility index (Phi) is 15.2. The van der Waals surface area contributed by atoms with Crippen LogP contribution < -0.4 is 0 Å². The molecule has 4 heterocycles. The number of aryl methyl sites for hydroxylation is 4. The second-order valence-corrected chi connectivity index (χ2v) is 31.6. The molecule has 24 rings (SSSR count). The molecule has 0 aliphatic heterocycles. The van der Waals surface area contributed by atoms with Crippen LogP contribution in [0.4, 0.5) is 0 Å². The first-order chi connectivity index (χ1) is 57.2. The van der Waals surface area contributed by atoms with Crippen LogP contribution in [0.1, 0.15) is 0 Å². The maximum Gasteiger partial charge on any atom is 0.0495 e. The third kappa shape index (κ3) is 10.4. The molecule has 0 N–H and O–H groups in total. The van der Waals surface area contributed by atoms with Gasteiger partial charge < -0.3 is 18.3 Å². The highest BCUT2D eigenvalue weighted by atomic mass is 15.0. The topological polar surface area (TPSA) is 19.7 Å². The van der Waals surface area contributed by atoms with Gasteiger partial charge >= 0.3 is 0 Å². The molecule has 4 nitrogen and oxygen atoms in total. The van der Waals surface area contributed by atoms with Crippen LogP contribution >= 0.6 is 0 Å². The minimum Gasteiger partial charge on any atom is -0.344 e. The molecule has 0 aliphatic rings. The van der Waals surface area contributed by atoms with Gasteiger partial charge in [-0.15, -0.1) is 0 Å². The van der Waals surface area contributed by atoms with Crippen molar-refractivity contribution in [3.63, 3.8) is 0 Å². The summed E-state index contributed by atoms with van der Waals surface area (Å²) < 4.78 is 9.29. The minimum absolute atomic E-state index is 1.22. The van der Waals surface area contributed by atoms with E-state index in [1.165, 1.54) is 241 Å². The van der Waals surface area contributed by atoms with Crippen molar-refractivity contribution < 1.29 is 0 Å². The van der Waals surface area contributed by atoms with Gasteiger partial charge in [-0.2, -0.15) is 0 Å². The molecule has 0 saturated carbocycles. The summed E-state index contributed by atoms with van der Waals surface area (Å²) in [6.07, 6.45) is 0. The molecule has 0 saturated heterocycles. The molecule has 0 amide bonds. The molecule has 0 radical (unpaired) electrons. The third-order valence-electron chi connectivity index (χ3n) is 25.5. The van der Waals surface area contributed by atoms with Crippen molar-refractivity contribution >= 4 is 152 Å². The van der Waals surface area contributed by atoms with E-state index in [0.29, 0.717) is 0 Å². The van der Waals surface area contributed by atoms with Crippen LogP contribution in [-0.2, 0) is 28.2 Å². The minimum atomic E-state index is 1.22. The molecule has 116 heavy (non-hydrogen) atoms. The first-order valence-electron chi connectivity index (χ1n) is 40.3. The molecule has 0 spiro atoms. The monoisotopic (exact) mass is 1480 g/mol. The van der Waals surface area contributed by atoms with E-state index in [4.69, 9.17) is 0 Å². The molecule has 0 aliphatic carbocycles. The normalized spacial score (nSPS) is 12.0. The standard InChI is InChI=1S/2C56H38N2/c1-57-50-24-8-6-16-46(50)55-42(22-12-26-52(55)57)40-18-10-20-44-48(40)34-49-41(43-23-13-27-53-56(43)47-17-7-9-25-51(47)58(53)2)19-11-21-45(49)54(44)39-31-30-37-32-36(28-29-38(37)33-39)35-14-4-3-5-15-35;1-57-52-20-8-6-14-44(52)50-32-39(26-28-54(50)57)42-16-10-18-46-48(42)34-49-43(40-27-29-55-51(33-40)45-15-7-9-21-53(45)58(55)2)17-11-19-47(49)56(46)41-25-24-37-30-36(22-23-38(37)31-41)35-12-4-3-5-13-35/h2*3-34H,1-2H3. The van der Waals surface area contributed by atoms with Crippen LogP contribution in [0.3, 0.4) is 0 Å². The van der Waals surface area contributed by atoms with Crippen molar-refractivity contribution in [2.45, 2.75) is 0 Å². The fraction of sp³-hybridized carbons (Fsp3) is 0.0357. The van der Waals surface area contributed by atoms with Gasteiger partial charge in [-0.1, -0.05) is 291 Å². The van der Waals surface area contributed by atoms with E-state index in [2.05, 4.69) is 435 Å². The largest absolute Gasteiger partial charge is 0.344 e. The van der Waals surface area contributed by atoms with Crippen LogP contribution in [0.5, 0.6) is 0 Å². The Labute approximate surface area is 671 Å². The zero-order chi connectivity index (χ0) is 77.0. The summed E-state index contributed by atoms with van der Waals surface area (Å²) in [5.74, 6) is 0. The average Bonchev–Trinajstić information content (AvgIpc) is 0.969. The Morgan fingerprint density at radius 2 is 0.405 bits per heavy atom. The van der Waals surface area contributed by atoms with Crippen molar-refractivity contribution in [2.24, 2.45) is 28.2 Å². The lowest BCUT2D eigenvalue weighted by molar-refractivity contribution is 1.01. The van der Waals surface area contributed by atoms with Crippen molar-refractivity contribution in [1.29, 1.82) is 0 Å². The number of fused-ring (bicyclic) bond motifs is 18. The summed E-state index contributed by atoms with van der Waals surface area (Å²) in [5, 5.41) is 25.2. The van der Waals surface area contributed by atoms with Crippen LogP contribution in [0.25, 0.3) is 241 Å². The van der Waals surface area contributed by atoms with E-state index in [-0.39, 0.29) is 0 Å². The molecule has 4 aromatic heterocycles. The van der Waals surface area contributed by atoms with E-state index >= 15 is 0 Å². The van der Waals surface area contributed by atoms with E-state index < -0.39 is 0 Å². The number of hydrogen-bond acceptors (Lipinski definition) is 0. The van der Waals surface area contributed by atoms with E-state index in [9.17, 15) is 0 Å². The predicted octanol–water partition coefficient (Wildman–Crippen LogP) is 30.2. The average molecular weight is 1480 g/mol. The Morgan fingerprint density at radius 3 is 0.802 bits per heavy atom. The Morgan fingerprint density at radius 1 is 0.138 bits per heavy atom. The number of benzene rings is 20. The SMILES string of the molecule is Cn1c2ccccc2c2c(-c3cccc4c(-c5ccc6cc(-c7ccccc7)ccc6c5)c5cccc(-c6cccc7c6c6ccccc6n7C)c5cc34)cccc21.Cn1c2ccccc2c2cc(-c3cccc4c(-c5ccc6cc(-c7ccccc7)ccc6c5)c5cccc(-c6ccc7c(c6)c6ccccc6n7C)c5cc34)ccc21. The highest BCUT2D eigenvalue weighted by Gasteiger charge is 2.24. The first kappa shape index (κ1) is 66.9. The highest BCUT2D eigenvalue weighted by Crippen LogP contribution is 2.50. The van der Waals surface area contributed by atoms with Crippen LogP contribution in [0, 0.1) is 0 Å². The predicted molar refractivity (Wildman–Crippen MR) is 497 cm³/mol. The summed E-state index contributed by atoms with van der Waals surface area (Å²) in [6.45, 7) is 0. The highest BCUT2D eigenvalue weighted by molar-refractivity contribution is 6.26. The smallest absolute Gasteiger partial charge is 0.0495 e. The van der Waals surface area contributed by atoms with Crippen molar-refractivity contribution in [3.05, 3.63) is 388 Å². The second-order valence-electron chi connectivity index (χ2n) is 31.6. The van der Waals surface area contributed by atoms with Gasteiger partial charge in [-0.05, 0) is 251 Å². The van der Waals surface area contributed by atoms with Crippen LogP contribution in [0.15, 0.2) is 388 Å². The van der Waals surface area contributed by atoms with Gasteiger partial charge in [-0.3, -0.25) is 0 Å². The number of rotatable bonds is 8. The maximum atomic E-state index is 2.49. The van der Waals surface area contributed by atoms with E-state index in [1.807, 2.05) is 0 Å². The van der Waals surface area contributed by atoms with Gasteiger partial charge in [0.1, 0.15) is 0 Å². The fourth-order valence-corrected chi connectivity index (χ4v) is 19.9. The number of nitrogens with zero attached hydrogens (tertiary/aromatic N) is 4. The molecule has 20 aromatic carbocycles. The van der Waals surface area contributed by atoms with Crippen LogP contribution in [0.2, 0.25) is 0 Å². The number of aromatic nitrogens is 4. The lowest BCUT2D eigenvalue weighted by Gasteiger charge is -2.18. The molecule has 4 heteroatoms. The molecule has 0 unspecified atom stereocenters. The summed E-state index contributed by atoms with van der Waals surface area (Å²) >= 11 is 0. The Balaban J connectivity index is 0.000000137. The Hall–Kier alpha value is -14.8. The molecule has 0 bridgehead atoms. The van der Waals surface area contributed by atoms with Gasteiger partial charge in [0.25, 0.3) is 0 Å². The van der Waals surface area contributed by atoms with Crippen molar-refractivity contribution in [3.8, 4) is 89.0 Å². The number of hydrogen-bond donors (Lipinski definition) is 0. The van der Waals surface area contributed by atoms with E-state index in [0.717, 1.165) is 0 Å². The molecular weight excluding hydrogens is 1400 g/mol. The zero-order valence-electron chi connectivity index (χ0n) is 64.7. The molecular formula is C112H76N4. The second kappa shape index (κ2) is 26.4. The van der Waals surface area contributed by atoms with Crippen LogP contribution in [-0.4, -0.2) is 18.3 Å². The van der Waals surface area contributed by atoms with Gasteiger partial charge in [0, 0.05) is 115 Å². The first-order valence-corrected chi connectivity index (χ1v) is 40.3. The van der Waals surface area contributed by atoms with Crippen molar-refractivity contribution in [1.82, 2.24) is 18.3 Å². The molecule has 24 aromatic rings.